The van der Waals surface area contributed by atoms with Crippen molar-refractivity contribution >= 4 is 34.1 Å². The van der Waals surface area contributed by atoms with E-state index in [4.69, 9.17) is 26.5 Å². The van der Waals surface area contributed by atoms with Crippen molar-refractivity contribution in [2.45, 2.75) is 0 Å². The molecule has 3 rings (SSSR count). The summed E-state index contributed by atoms with van der Waals surface area (Å²) in [6, 6.07) is 9.66. The summed E-state index contributed by atoms with van der Waals surface area (Å²) in [5.74, 6) is -2.12. The lowest BCUT2D eigenvalue weighted by Gasteiger charge is -2.00. The van der Waals surface area contributed by atoms with Crippen LogP contribution in [-0.4, -0.2) is 10.7 Å². The van der Waals surface area contributed by atoms with Gasteiger partial charge in [0.1, 0.15) is 17.7 Å². The number of benzene rings is 2. The second-order valence-corrected chi connectivity index (χ2v) is 5.15. The average molecular weight is 358 g/mol. The number of fused-ring (bicyclic) bond motifs is 1. The number of halogens is 3. The van der Waals surface area contributed by atoms with Gasteiger partial charge in [-0.25, -0.2) is 13.8 Å². The summed E-state index contributed by atoms with van der Waals surface area (Å²) >= 11 is 5.91. The molecule has 0 spiro atoms. The molecule has 1 N–H and O–H groups in total. The van der Waals surface area contributed by atoms with Crippen LogP contribution in [0.2, 0.25) is 5.02 Å². The Morgan fingerprint density at radius 1 is 1.16 bits per heavy atom. The molecule has 6 nitrogen and oxygen atoms in total. The van der Waals surface area contributed by atoms with Crippen LogP contribution in [0, 0.1) is 34.3 Å². The van der Waals surface area contributed by atoms with E-state index in [2.05, 4.69) is 15.5 Å². The molecule has 9 heteroatoms. The first kappa shape index (κ1) is 16.4. The van der Waals surface area contributed by atoms with Gasteiger partial charge in [0, 0.05) is 0 Å². The first-order chi connectivity index (χ1) is 12.0. The van der Waals surface area contributed by atoms with E-state index in [1.54, 1.807) is 30.3 Å². The van der Waals surface area contributed by atoms with Crippen molar-refractivity contribution in [3.05, 3.63) is 47.0 Å². The molecule has 0 amide bonds. The lowest BCUT2D eigenvalue weighted by molar-refractivity contribution is 0.508. The zero-order valence-corrected chi connectivity index (χ0v) is 13.0. The molecule has 1 heterocycles. The maximum Gasteiger partial charge on any atom is 0.237 e. The number of anilines is 1. The van der Waals surface area contributed by atoms with Gasteiger partial charge < -0.3 is 4.42 Å². The number of nitrogens with zero attached hydrogens (tertiary/aromatic N) is 4. The van der Waals surface area contributed by atoms with Crippen molar-refractivity contribution in [2.75, 3.05) is 5.43 Å². The van der Waals surface area contributed by atoms with Gasteiger partial charge in [-0.2, -0.15) is 15.6 Å². The van der Waals surface area contributed by atoms with Crippen LogP contribution >= 0.6 is 11.6 Å². The Labute approximate surface area is 144 Å². The first-order valence-corrected chi connectivity index (χ1v) is 7.09. The van der Waals surface area contributed by atoms with Crippen molar-refractivity contribution in [3.8, 4) is 23.6 Å². The normalized spacial score (nSPS) is 10.1. The van der Waals surface area contributed by atoms with E-state index in [0.29, 0.717) is 16.8 Å². The van der Waals surface area contributed by atoms with Crippen LogP contribution in [0.5, 0.6) is 0 Å². The third-order valence-electron chi connectivity index (χ3n) is 3.14. The summed E-state index contributed by atoms with van der Waals surface area (Å²) in [5, 5.41) is 20.8. The minimum Gasteiger partial charge on any atom is -0.436 e. The Balaban J connectivity index is 1.99. The van der Waals surface area contributed by atoms with Crippen LogP contribution in [0.25, 0.3) is 22.6 Å². The van der Waals surface area contributed by atoms with Crippen LogP contribution in [0.4, 0.5) is 14.5 Å². The summed E-state index contributed by atoms with van der Waals surface area (Å²) in [4.78, 5) is 4.18. The number of hydrogen-bond donors (Lipinski definition) is 1. The second-order valence-electron chi connectivity index (χ2n) is 4.74. The predicted molar refractivity (Wildman–Crippen MR) is 86.7 cm³/mol. The number of rotatable bonds is 3. The van der Waals surface area contributed by atoms with E-state index in [-0.39, 0.29) is 22.2 Å². The molecule has 0 bridgehead atoms. The predicted octanol–water partition coefficient (Wildman–Crippen LogP) is 4.24. The molecule has 0 unspecified atom stereocenters. The third-order valence-corrected chi connectivity index (χ3v) is 3.45. The molecule has 0 aliphatic rings. The smallest absolute Gasteiger partial charge is 0.237 e. The molecule has 0 saturated carbocycles. The van der Waals surface area contributed by atoms with E-state index < -0.39 is 11.6 Å². The number of aromatic nitrogens is 1. The summed E-state index contributed by atoms with van der Waals surface area (Å²) in [6.07, 6.45) is 0. The SMILES string of the molecule is N#CC(C#N)=NNc1ccc2oc(-c3cc(F)c(F)cc3Cl)nc2c1. The number of hydrazone groups is 1. The number of nitrogens with one attached hydrogen (secondary N) is 1. The highest BCUT2D eigenvalue weighted by Gasteiger charge is 2.15. The van der Waals surface area contributed by atoms with Crippen molar-refractivity contribution in [1.29, 1.82) is 10.5 Å². The van der Waals surface area contributed by atoms with Gasteiger partial charge in [-0.1, -0.05) is 11.6 Å². The molecule has 122 valence electrons. The van der Waals surface area contributed by atoms with Crippen molar-refractivity contribution < 1.29 is 13.2 Å². The van der Waals surface area contributed by atoms with Gasteiger partial charge in [-0.3, -0.25) is 5.43 Å². The highest BCUT2D eigenvalue weighted by Crippen LogP contribution is 2.32. The Hall–Kier alpha value is -3.49. The number of hydrogen-bond acceptors (Lipinski definition) is 6. The van der Waals surface area contributed by atoms with Crippen LogP contribution in [-0.2, 0) is 0 Å². The Bertz CT molecular complexity index is 1080. The summed E-state index contributed by atoms with van der Waals surface area (Å²) in [5.41, 5.74) is 3.54. The topological polar surface area (TPSA) is 98.0 Å². The quantitative estimate of drug-likeness (QED) is 0.429. The van der Waals surface area contributed by atoms with Crippen molar-refractivity contribution in [3.63, 3.8) is 0 Å². The molecular weight excluding hydrogens is 352 g/mol. The van der Waals surface area contributed by atoms with E-state index in [9.17, 15) is 8.78 Å². The lowest BCUT2D eigenvalue weighted by Crippen LogP contribution is -1.96. The Morgan fingerprint density at radius 2 is 1.88 bits per heavy atom. The van der Waals surface area contributed by atoms with Gasteiger partial charge in [0.25, 0.3) is 0 Å². The Morgan fingerprint density at radius 3 is 2.60 bits per heavy atom. The second kappa shape index (κ2) is 6.56. The fraction of sp³-hybridized carbons (Fsp3) is 0. The van der Waals surface area contributed by atoms with E-state index in [1.807, 2.05) is 0 Å². The van der Waals surface area contributed by atoms with Crippen molar-refractivity contribution in [2.24, 2.45) is 5.10 Å². The lowest BCUT2D eigenvalue weighted by atomic mass is 10.2. The number of nitriles is 2. The molecule has 0 fully saturated rings. The van der Waals surface area contributed by atoms with Crippen LogP contribution < -0.4 is 5.43 Å². The average Bonchev–Trinajstić information content (AvgIpc) is 3.02. The minimum absolute atomic E-state index is 0.0225. The summed E-state index contributed by atoms with van der Waals surface area (Å²) in [6.45, 7) is 0. The van der Waals surface area contributed by atoms with E-state index in [1.165, 1.54) is 0 Å². The fourth-order valence-corrected chi connectivity index (χ4v) is 2.23. The molecule has 2 aromatic carbocycles. The zero-order valence-electron chi connectivity index (χ0n) is 12.2. The maximum absolute atomic E-state index is 13.4. The summed E-state index contributed by atoms with van der Waals surface area (Å²) < 4.78 is 32.1. The zero-order chi connectivity index (χ0) is 18.0. The van der Waals surface area contributed by atoms with Gasteiger partial charge in [0.05, 0.1) is 16.3 Å². The third kappa shape index (κ3) is 3.25. The molecule has 3 aromatic rings. The van der Waals surface area contributed by atoms with Gasteiger partial charge in [0.15, 0.2) is 17.2 Å². The first-order valence-electron chi connectivity index (χ1n) is 6.71. The molecule has 0 atom stereocenters. The molecule has 0 aliphatic carbocycles. The largest absolute Gasteiger partial charge is 0.436 e. The van der Waals surface area contributed by atoms with Gasteiger partial charge in [-0.05, 0) is 30.3 Å². The molecular formula is C16H6ClF2N5O. The fourth-order valence-electron chi connectivity index (χ4n) is 1.99. The van der Waals surface area contributed by atoms with Crippen LogP contribution in [0.1, 0.15) is 0 Å². The molecule has 0 aliphatic heterocycles. The maximum atomic E-state index is 13.4. The highest BCUT2D eigenvalue weighted by atomic mass is 35.5. The van der Waals surface area contributed by atoms with Gasteiger partial charge in [-0.15, -0.1) is 0 Å². The minimum atomic E-state index is -1.07. The molecule has 1 aromatic heterocycles. The summed E-state index contributed by atoms with van der Waals surface area (Å²) in [7, 11) is 0. The molecule has 25 heavy (non-hydrogen) atoms. The van der Waals surface area contributed by atoms with Crippen LogP contribution in [0.15, 0.2) is 39.9 Å². The van der Waals surface area contributed by atoms with E-state index >= 15 is 0 Å². The molecule has 0 saturated heterocycles. The monoisotopic (exact) mass is 357 g/mol. The van der Waals surface area contributed by atoms with Crippen molar-refractivity contribution in [1.82, 2.24) is 4.98 Å². The van der Waals surface area contributed by atoms with Gasteiger partial charge >= 0.3 is 0 Å². The highest BCUT2D eigenvalue weighted by molar-refractivity contribution is 6.33. The van der Waals surface area contributed by atoms with Gasteiger partial charge in [0.2, 0.25) is 11.6 Å². The Kier molecular flexibility index (Phi) is 4.29. The standard InChI is InChI=1S/C16H6ClF2N5O/c17-11-5-13(19)12(18)4-10(11)16-22-14-3-8(1-2-15(14)25-16)23-24-9(6-20)7-21/h1-5,23H. The molecule has 0 radical (unpaired) electrons. The van der Waals surface area contributed by atoms with E-state index in [0.717, 1.165) is 12.1 Å². The van der Waals surface area contributed by atoms with Crippen LogP contribution in [0.3, 0.4) is 0 Å². The number of oxazole rings is 1.